The fourth-order valence-corrected chi connectivity index (χ4v) is 3.56. The maximum atomic E-state index is 12.5. The molecule has 3 rings (SSSR count). The number of methoxy groups -OCH3 is 1. The molecule has 0 saturated carbocycles. The van der Waals surface area contributed by atoms with Crippen LogP contribution < -0.4 is 15.6 Å². The number of piperidine rings is 1. The number of hydrazine groups is 1. The van der Waals surface area contributed by atoms with Crippen LogP contribution in [0.15, 0.2) is 48.5 Å². The van der Waals surface area contributed by atoms with Crippen molar-refractivity contribution in [1.29, 1.82) is 0 Å². The van der Waals surface area contributed by atoms with Crippen LogP contribution in [0, 0.1) is 5.92 Å². The highest BCUT2D eigenvalue weighted by Gasteiger charge is 2.26. The number of benzene rings is 2. The number of rotatable bonds is 5. The van der Waals surface area contributed by atoms with Crippen LogP contribution in [0.25, 0.3) is 0 Å². The zero-order valence-corrected chi connectivity index (χ0v) is 16.5. The molecule has 1 aliphatic rings. The molecule has 1 aliphatic heterocycles. The van der Waals surface area contributed by atoms with Gasteiger partial charge in [-0.15, -0.1) is 0 Å². The third kappa shape index (κ3) is 5.24. The number of amides is 2. The van der Waals surface area contributed by atoms with Gasteiger partial charge in [0.1, 0.15) is 5.75 Å². The van der Waals surface area contributed by atoms with Crippen molar-refractivity contribution < 1.29 is 14.3 Å². The first-order chi connectivity index (χ1) is 13.6. The van der Waals surface area contributed by atoms with Crippen molar-refractivity contribution in [2.45, 2.75) is 19.4 Å². The van der Waals surface area contributed by atoms with E-state index in [1.165, 1.54) is 12.7 Å². The summed E-state index contributed by atoms with van der Waals surface area (Å²) in [7, 11) is 1.46. The van der Waals surface area contributed by atoms with Crippen molar-refractivity contribution in [3.05, 3.63) is 64.7 Å². The molecule has 6 nitrogen and oxygen atoms in total. The first kappa shape index (κ1) is 20.2. The van der Waals surface area contributed by atoms with E-state index in [-0.39, 0.29) is 11.8 Å². The van der Waals surface area contributed by atoms with Crippen LogP contribution >= 0.6 is 11.6 Å². The molecule has 0 aliphatic carbocycles. The average Bonchev–Trinajstić information content (AvgIpc) is 2.72. The van der Waals surface area contributed by atoms with Crippen LogP contribution in [0.5, 0.6) is 5.75 Å². The summed E-state index contributed by atoms with van der Waals surface area (Å²) in [4.78, 5) is 27.2. The number of halogens is 1. The van der Waals surface area contributed by atoms with E-state index in [2.05, 4.69) is 27.9 Å². The van der Waals surface area contributed by atoms with E-state index in [0.29, 0.717) is 22.9 Å². The van der Waals surface area contributed by atoms with Crippen molar-refractivity contribution >= 4 is 23.4 Å². The van der Waals surface area contributed by atoms with Gasteiger partial charge in [0, 0.05) is 18.1 Å². The van der Waals surface area contributed by atoms with Crippen LogP contribution in [0.1, 0.15) is 28.8 Å². The maximum absolute atomic E-state index is 12.5. The second-order valence-electron chi connectivity index (χ2n) is 6.85. The lowest BCUT2D eigenvalue weighted by Crippen LogP contribution is -2.48. The van der Waals surface area contributed by atoms with Gasteiger partial charge in [-0.1, -0.05) is 41.9 Å². The normalized spacial score (nSPS) is 17.0. The number of likely N-dealkylation sites (tertiary alicyclic amines) is 1. The summed E-state index contributed by atoms with van der Waals surface area (Å²) in [6.45, 7) is 2.45. The first-order valence-corrected chi connectivity index (χ1v) is 9.64. The summed E-state index contributed by atoms with van der Waals surface area (Å²) >= 11 is 5.91. The van der Waals surface area contributed by atoms with Crippen LogP contribution in [-0.4, -0.2) is 36.9 Å². The molecule has 1 heterocycles. The topological polar surface area (TPSA) is 70.7 Å². The van der Waals surface area contributed by atoms with Crippen LogP contribution in [0.4, 0.5) is 0 Å². The maximum Gasteiger partial charge on any atom is 0.273 e. The average molecular weight is 402 g/mol. The number of carbonyl (C=O) groups is 2. The molecule has 7 heteroatoms. The van der Waals surface area contributed by atoms with Gasteiger partial charge < -0.3 is 4.74 Å². The highest BCUT2D eigenvalue weighted by atomic mass is 35.5. The van der Waals surface area contributed by atoms with Gasteiger partial charge >= 0.3 is 0 Å². The summed E-state index contributed by atoms with van der Waals surface area (Å²) < 4.78 is 5.18. The summed E-state index contributed by atoms with van der Waals surface area (Å²) in [6, 6.07) is 14.9. The number of nitrogens with zero attached hydrogens (tertiary/aromatic N) is 1. The van der Waals surface area contributed by atoms with Gasteiger partial charge in [-0.25, -0.2) is 0 Å². The van der Waals surface area contributed by atoms with Crippen LogP contribution in [0.2, 0.25) is 5.02 Å². The van der Waals surface area contributed by atoms with Gasteiger partial charge in [0.15, 0.2) is 0 Å². The quantitative estimate of drug-likeness (QED) is 0.755. The first-order valence-electron chi connectivity index (χ1n) is 9.27. The monoisotopic (exact) mass is 401 g/mol. The smallest absolute Gasteiger partial charge is 0.273 e. The standard InChI is InChI=1S/C21H24ClN3O3/c1-28-19-12-17(22)9-10-18(19)21(27)24-23-20(26)16-8-5-11-25(14-16)13-15-6-3-2-4-7-15/h2-4,6-7,9-10,12,16H,5,8,11,13-14H2,1H3,(H,23,26)(H,24,27). The Bertz CT molecular complexity index is 829. The van der Waals surface area contributed by atoms with E-state index < -0.39 is 5.91 Å². The Kier molecular flexibility index (Phi) is 6.90. The fourth-order valence-electron chi connectivity index (χ4n) is 3.40. The molecule has 2 aromatic rings. The van der Waals surface area contributed by atoms with Gasteiger partial charge in [-0.3, -0.25) is 25.3 Å². The molecule has 2 N–H and O–H groups in total. The van der Waals surface area contributed by atoms with Crippen LogP contribution in [-0.2, 0) is 11.3 Å². The lowest BCUT2D eigenvalue weighted by Gasteiger charge is -2.32. The predicted molar refractivity (Wildman–Crippen MR) is 108 cm³/mol. The molecule has 1 atom stereocenters. The summed E-state index contributed by atoms with van der Waals surface area (Å²) in [5, 5.41) is 0.471. The number of hydrogen-bond donors (Lipinski definition) is 2. The Morgan fingerprint density at radius 2 is 1.96 bits per heavy atom. The molecular formula is C21H24ClN3O3. The van der Waals surface area contributed by atoms with Gasteiger partial charge in [0.2, 0.25) is 5.91 Å². The van der Waals surface area contributed by atoms with Crippen molar-refractivity contribution in [2.75, 3.05) is 20.2 Å². The molecule has 0 bridgehead atoms. The fraction of sp³-hybridized carbons (Fsp3) is 0.333. The largest absolute Gasteiger partial charge is 0.496 e. The predicted octanol–water partition coefficient (Wildman–Crippen LogP) is 3.02. The van der Waals surface area contributed by atoms with E-state index in [9.17, 15) is 9.59 Å². The van der Waals surface area contributed by atoms with E-state index in [1.807, 2.05) is 18.2 Å². The Labute approximate surface area is 169 Å². The van der Waals surface area contributed by atoms with Crippen molar-refractivity contribution in [1.82, 2.24) is 15.8 Å². The van der Waals surface area contributed by atoms with Gasteiger partial charge in [-0.2, -0.15) is 0 Å². The Balaban J connectivity index is 1.53. The number of carbonyl (C=O) groups excluding carboxylic acids is 2. The summed E-state index contributed by atoms with van der Waals surface area (Å²) in [5.74, 6) is -0.436. The minimum absolute atomic E-state index is 0.162. The third-order valence-electron chi connectivity index (χ3n) is 4.83. The number of nitrogens with one attached hydrogen (secondary N) is 2. The summed E-state index contributed by atoms with van der Waals surface area (Å²) in [5.41, 5.74) is 6.56. The van der Waals surface area contributed by atoms with Gasteiger partial charge in [0.25, 0.3) is 5.91 Å². The number of hydrogen-bond acceptors (Lipinski definition) is 4. The van der Waals surface area contributed by atoms with E-state index >= 15 is 0 Å². The van der Waals surface area contributed by atoms with Crippen molar-refractivity contribution in [2.24, 2.45) is 5.92 Å². The SMILES string of the molecule is COc1cc(Cl)ccc1C(=O)NNC(=O)C1CCCN(Cc2ccccc2)C1. The zero-order valence-electron chi connectivity index (χ0n) is 15.8. The Hall–Kier alpha value is -2.57. The second-order valence-corrected chi connectivity index (χ2v) is 7.28. The zero-order chi connectivity index (χ0) is 19.9. The van der Waals surface area contributed by atoms with Crippen LogP contribution in [0.3, 0.4) is 0 Å². The molecule has 1 fully saturated rings. The van der Waals surface area contributed by atoms with E-state index in [0.717, 1.165) is 25.9 Å². The highest BCUT2D eigenvalue weighted by Crippen LogP contribution is 2.23. The minimum atomic E-state index is -0.446. The molecule has 0 spiro atoms. The summed E-state index contributed by atoms with van der Waals surface area (Å²) in [6.07, 6.45) is 1.75. The molecule has 0 aromatic heterocycles. The lowest BCUT2D eigenvalue weighted by molar-refractivity contribution is -0.127. The molecular weight excluding hydrogens is 378 g/mol. The molecule has 1 unspecified atom stereocenters. The third-order valence-corrected chi connectivity index (χ3v) is 5.07. The Morgan fingerprint density at radius 3 is 2.71 bits per heavy atom. The molecule has 28 heavy (non-hydrogen) atoms. The molecule has 148 valence electrons. The lowest BCUT2D eigenvalue weighted by atomic mass is 9.97. The second kappa shape index (κ2) is 9.57. The Morgan fingerprint density at radius 1 is 1.18 bits per heavy atom. The van der Waals surface area contributed by atoms with E-state index in [4.69, 9.17) is 16.3 Å². The van der Waals surface area contributed by atoms with Gasteiger partial charge in [0.05, 0.1) is 18.6 Å². The highest BCUT2D eigenvalue weighted by molar-refractivity contribution is 6.30. The van der Waals surface area contributed by atoms with Crippen molar-refractivity contribution in [3.63, 3.8) is 0 Å². The molecule has 1 saturated heterocycles. The molecule has 2 amide bonds. The number of ether oxygens (including phenoxy) is 1. The van der Waals surface area contributed by atoms with Gasteiger partial charge in [-0.05, 0) is 43.1 Å². The van der Waals surface area contributed by atoms with Crippen molar-refractivity contribution in [3.8, 4) is 5.75 Å². The van der Waals surface area contributed by atoms with E-state index in [1.54, 1.807) is 18.2 Å². The molecule has 0 radical (unpaired) electrons. The minimum Gasteiger partial charge on any atom is -0.496 e. The molecule has 2 aromatic carbocycles.